The Balaban J connectivity index is 1.53. The molecule has 0 aliphatic carbocycles. The maximum Gasteiger partial charge on any atom is 0.317 e. The first kappa shape index (κ1) is 16.2. The van der Waals surface area contributed by atoms with Crippen molar-refractivity contribution >= 4 is 45.2 Å². The van der Waals surface area contributed by atoms with Crippen LogP contribution in [0.2, 0.25) is 0 Å². The van der Waals surface area contributed by atoms with Crippen LogP contribution in [0, 0.1) is 0 Å². The highest BCUT2D eigenvalue weighted by molar-refractivity contribution is 8.00. The van der Waals surface area contributed by atoms with Crippen molar-refractivity contribution in [3.63, 3.8) is 0 Å². The number of likely N-dealkylation sites (tertiary alicyclic amines) is 1. The number of thiophene rings is 1. The quantitative estimate of drug-likeness (QED) is 0.468. The van der Waals surface area contributed by atoms with Gasteiger partial charge in [-0.2, -0.15) is 0 Å². The molecular weight excluding hydrogens is 334 g/mol. The minimum atomic E-state index is -0.729. The van der Waals surface area contributed by atoms with Crippen LogP contribution < -0.4 is 0 Å². The van der Waals surface area contributed by atoms with Crippen LogP contribution in [0.15, 0.2) is 22.8 Å². The van der Waals surface area contributed by atoms with Crippen molar-refractivity contribution in [1.29, 1.82) is 0 Å². The van der Waals surface area contributed by atoms with Gasteiger partial charge in [0.05, 0.1) is 5.75 Å². The third-order valence-electron chi connectivity index (χ3n) is 3.63. The maximum atomic E-state index is 12.1. The number of carbonyl (C=O) groups excluding carboxylic acids is 2. The number of aromatic nitrogens is 2. The summed E-state index contributed by atoms with van der Waals surface area (Å²) in [7, 11) is 0. The molecule has 1 atom stereocenters. The fourth-order valence-electron chi connectivity index (χ4n) is 2.49. The molecule has 0 saturated carbocycles. The lowest BCUT2D eigenvalue weighted by molar-refractivity contribution is -0.156. The number of rotatable bonds is 5. The summed E-state index contributed by atoms with van der Waals surface area (Å²) in [5, 5.41) is 3.64. The van der Waals surface area contributed by atoms with Crippen molar-refractivity contribution < 1.29 is 14.3 Å². The van der Waals surface area contributed by atoms with E-state index in [0.717, 1.165) is 41.2 Å². The average molecular weight is 351 g/mol. The van der Waals surface area contributed by atoms with Gasteiger partial charge in [-0.05, 0) is 31.2 Å². The number of carbonyl (C=O) groups is 2. The molecule has 23 heavy (non-hydrogen) atoms. The fraction of sp³-hybridized carbons (Fsp3) is 0.467. The average Bonchev–Trinajstić information content (AvgIpc) is 3.23. The topological polar surface area (TPSA) is 72.4 Å². The van der Waals surface area contributed by atoms with Crippen molar-refractivity contribution in [2.24, 2.45) is 0 Å². The Morgan fingerprint density at radius 1 is 1.39 bits per heavy atom. The monoisotopic (exact) mass is 351 g/mol. The fourth-order valence-corrected chi connectivity index (χ4v) is 4.05. The first-order valence-electron chi connectivity index (χ1n) is 7.44. The van der Waals surface area contributed by atoms with E-state index >= 15 is 0 Å². The van der Waals surface area contributed by atoms with E-state index in [-0.39, 0.29) is 11.7 Å². The highest BCUT2D eigenvalue weighted by Gasteiger charge is 2.25. The van der Waals surface area contributed by atoms with Crippen LogP contribution in [0.1, 0.15) is 19.8 Å². The second-order valence-corrected chi connectivity index (χ2v) is 7.13. The Bertz CT molecular complexity index is 713. The molecule has 1 saturated heterocycles. The zero-order valence-corrected chi connectivity index (χ0v) is 14.4. The molecule has 2 aromatic heterocycles. The second kappa shape index (κ2) is 7.27. The number of hydrogen-bond donors (Lipinski definition) is 0. The van der Waals surface area contributed by atoms with Crippen molar-refractivity contribution in [3.05, 3.63) is 17.8 Å². The molecule has 0 bridgehead atoms. The van der Waals surface area contributed by atoms with Crippen LogP contribution in [0.5, 0.6) is 0 Å². The summed E-state index contributed by atoms with van der Waals surface area (Å²) >= 11 is 2.84. The van der Waals surface area contributed by atoms with Crippen LogP contribution >= 0.6 is 23.1 Å². The predicted octanol–water partition coefficient (Wildman–Crippen LogP) is 2.34. The van der Waals surface area contributed by atoms with Gasteiger partial charge in [-0.1, -0.05) is 11.8 Å². The highest BCUT2D eigenvalue weighted by atomic mass is 32.2. The highest BCUT2D eigenvalue weighted by Crippen LogP contribution is 2.27. The Morgan fingerprint density at radius 2 is 2.17 bits per heavy atom. The lowest BCUT2D eigenvalue weighted by Gasteiger charge is -2.20. The number of hydrogen-bond acceptors (Lipinski definition) is 7. The van der Waals surface area contributed by atoms with Crippen molar-refractivity contribution in [3.8, 4) is 0 Å². The lowest BCUT2D eigenvalue weighted by Crippen LogP contribution is -2.38. The maximum absolute atomic E-state index is 12.1. The van der Waals surface area contributed by atoms with Crippen LogP contribution in [0.3, 0.4) is 0 Å². The minimum absolute atomic E-state index is 0.108. The molecule has 0 aromatic carbocycles. The van der Waals surface area contributed by atoms with Gasteiger partial charge in [-0.15, -0.1) is 11.3 Å². The first-order valence-corrected chi connectivity index (χ1v) is 9.31. The minimum Gasteiger partial charge on any atom is -0.452 e. The Labute approximate surface area is 142 Å². The molecule has 3 heterocycles. The Morgan fingerprint density at radius 3 is 2.96 bits per heavy atom. The van der Waals surface area contributed by atoms with Gasteiger partial charge in [0.1, 0.15) is 16.2 Å². The summed E-state index contributed by atoms with van der Waals surface area (Å²) in [6, 6.07) is 1.94. The molecule has 0 N–H and O–H groups in total. The number of thioether (sulfide) groups is 1. The molecule has 8 heteroatoms. The predicted molar refractivity (Wildman–Crippen MR) is 89.5 cm³/mol. The summed E-state index contributed by atoms with van der Waals surface area (Å²) in [6.45, 7) is 3.14. The number of nitrogens with zero attached hydrogens (tertiary/aromatic N) is 3. The van der Waals surface area contributed by atoms with Gasteiger partial charge in [0.2, 0.25) is 0 Å². The first-order chi connectivity index (χ1) is 11.1. The van der Waals surface area contributed by atoms with Crippen molar-refractivity contribution in [1.82, 2.24) is 14.9 Å². The van der Waals surface area contributed by atoms with E-state index in [0.29, 0.717) is 0 Å². The number of amides is 1. The smallest absolute Gasteiger partial charge is 0.317 e. The van der Waals surface area contributed by atoms with Gasteiger partial charge in [-0.25, -0.2) is 9.97 Å². The Hall–Kier alpha value is -1.67. The van der Waals surface area contributed by atoms with Gasteiger partial charge in [0, 0.05) is 18.5 Å². The van der Waals surface area contributed by atoms with E-state index in [2.05, 4.69) is 9.97 Å². The summed E-state index contributed by atoms with van der Waals surface area (Å²) in [5.74, 6) is -0.389. The molecule has 0 unspecified atom stereocenters. The molecule has 2 aromatic rings. The largest absolute Gasteiger partial charge is 0.452 e. The van der Waals surface area contributed by atoms with E-state index < -0.39 is 12.1 Å². The molecule has 0 spiro atoms. The third-order valence-corrected chi connectivity index (χ3v) is 5.43. The van der Waals surface area contributed by atoms with Gasteiger partial charge < -0.3 is 9.64 Å². The molecule has 3 rings (SSSR count). The molecule has 1 aliphatic heterocycles. The van der Waals surface area contributed by atoms with E-state index in [1.807, 2.05) is 11.4 Å². The zero-order valence-electron chi connectivity index (χ0n) is 12.7. The summed E-state index contributed by atoms with van der Waals surface area (Å²) in [6.07, 6.45) is 2.80. The Kier molecular flexibility index (Phi) is 5.12. The van der Waals surface area contributed by atoms with Crippen molar-refractivity contribution in [2.45, 2.75) is 30.9 Å². The van der Waals surface area contributed by atoms with E-state index in [1.165, 1.54) is 29.4 Å². The summed E-state index contributed by atoms with van der Waals surface area (Å²) in [4.78, 5) is 35.1. The molecule has 1 aliphatic rings. The summed E-state index contributed by atoms with van der Waals surface area (Å²) < 4.78 is 5.25. The molecule has 122 valence electrons. The van der Waals surface area contributed by atoms with E-state index in [9.17, 15) is 9.59 Å². The van der Waals surface area contributed by atoms with E-state index in [1.54, 1.807) is 11.8 Å². The number of fused-ring (bicyclic) bond motifs is 1. The van der Waals surface area contributed by atoms with Gasteiger partial charge in [0.15, 0.2) is 6.10 Å². The van der Waals surface area contributed by atoms with Crippen molar-refractivity contribution in [2.75, 3.05) is 18.8 Å². The lowest BCUT2D eigenvalue weighted by atomic mass is 10.3. The molecule has 0 radical (unpaired) electrons. The van der Waals surface area contributed by atoms with Gasteiger partial charge >= 0.3 is 5.97 Å². The molecule has 1 fully saturated rings. The standard InChI is InChI=1S/C15H17N3O3S2/c1-10(15(20)18-5-2-3-6-18)21-12(19)8-23-14-11-4-7-22-13(11)16-9-17-14/h4,7,9-10H,2-3,5-6,8H2,1H3/t10-/m0/s1. The van der Waals surface area contributed by atoms with Crippen LogP contribution in [0.25, 0.3) is 10.2 Å². The number of ether oxygens (including phenoxy) is 1. The van der Waals surface area contributed by atoms with Gasteiger partial charge in [-0.3, -0.25) is 9.59 Å². The third kappa shape index (κ3) is 3.81. The van der Waals surface area contributed by atoms with Crippen LogP contribution in [-0.2, 0) is 14.3 Å². The van der Waals surface area contributed by atoms with Crippen LogP contribution in [-0.4, -0.2) is 51.7 Å². The zero-order chi connectivity index (χ0) is 16.2. The second-order valence-electron chi connectivity index (χ2n) is 5.27. The molecule has 6 nitrogen and oxygen atoms in total. The SMILES string of the molecule is C[C@H](OC(=O)CSc1ncnc2sccc12)C(=O)N1CCCC1. The molecule has 1 amide bonds. The van der Waals surface area contributed by atoms with E-state index in [4.69, 9.17) is 4.74 Å². The summed E-state index contributed by atoms with van der Waals surface area (Å²) in [5.41, 5.74) is 0. The number of esters is 1. The van der Waals surface area contributed by atoms with Gasteiger partial charge in [0.25, 0.3) is 5.91 Å². The molecular formula is C15H17N3O3S2. The van der Waals surface area contributed by atoms with Crippen LogP contribution in [0.4, 0.5) is 0 Å². The normalized spacial score (nSPS) is 15.8.